The van der Waals surface area contributed by atoms with Crippen LogP contribution in [-0.4, -0.2) is 19.0 Å². The van der Waals surface area contributed by atoms with Gasteiger partial charge in [-0.25, -0.2) is 0 Å². The van der Waals surface area contributed by atoms with Crippen molar-refractivity contribution < 1.29 is 13.6 Å². The zero-order valence-electron chi connectivity index (χ0n) is 13.1. The number of amides is 1. The molecule has 0 unspecified atom stereocenters. The second kappa shape index (κ2) is 6.28. The average Bonchev–Trinajstić information content (AvgIpc) is 3.37. The first-order chi connectivity index (χ1) is 11.8. The van der Waals surface area contributed by atoms with Crippen LogP contribution in [0.15, 0.2) is 69.9 Å². The average molecular weight is 322 g/mol. The zero-order valence-corrected chi connectivity index (χ0v) is 13.1. The number of anilines is 1. The molecule has 3 heterocycles. The first-order valence-corrected chi connectivity index (χ1v) is 8.02. The van der Waals surface area contributed by atoms with E-state index in [1.807, 2.05) is 18.2 Å². The number of carbonyl (C=O) groups excluding carboxylic acids is 1. The second-order valence-corrected chi connectivity index (χ2v) is 5.79. The standard InChI is InChI=1S/C19H18N2O3/c22-19(18-8-4-12-24-18)20-13-16(17-7-3-11-23-17)21-10-9-14-5-1-2-6-15(14)21/h1-8,11-12,16H,9-10,13H2,(H,20,22)/t16-/m1/s1. The van der Waals surface area contributed by atoms with Crippen molar-refractivity contribution in [3.63, 3.8) is 0 Å². The van der Waals surface area contributed by atoms with Gasteiger partial charge in [-0.2, -0.15) is 0 Å². The Bertz CT molecular complexity index is 809. The fourth-order valence-corrected chi connectivity index (χ4v) is 3.22. The highest BCUT2D eigenvalue weighted by molar-refractivity contribution is 5.91. The predicted octanol–water partition coefficient (Wildman–Crippen LogP) is 3.41. The molecule has 0 saturated heterocycles. The van der Waals surface area contributed by atoms with Crippen LogP contribution >= 0.6 is 0 Å². The lowest BCUT2D eigenvalue weighted by atomic mass is 10.1. The van der Waals surface area contributed by atoms with Crippen molar-refractivity contribution in [3.8, 4) is 0 Å². The molecule has 5 heteroatoms. The quantitative estimate of drug-likeness (QED) is 0.782. The van der Waals surface area contributed by atoms with Gasteiger partial charge in [-0.3, -0.25) is 4.79 Å². The number of benzene rings is 1. The summed E-state index contributed by atoms with van der Waals surface area (Å²) in [7, 11) is 0. The van der Waals surface area contributed by atoms with Crippen LogP contribution in [0.1, 0.15) is 27.9 Å². The minimum absolute atomic E-state index is 0.0532. The van der Waals surface area contributed by atoms with Crippen LogP contribution in [0.4, 0.5) is 5.69 Å². The summed E-state index contributed by atoms with van der Waals surface area (Å²) in [6.45, 7) is 1.35. The van der Waals surface area contributed by atoms with E-state index in [0.717, 1.165) is 18.7 Å². The second-order valence-electron chi connectivity index (χ2n) is 5.79. The first kappa shape index (κ1) is 14.6. The topological polar surface area (TPSA) is 58.6 Å². The number of hydrogen-bond donors (Lipinski definition) is 1. The molecule has 2 aromatic heterocycles. The van der Waals surface area contributed by atoms with E-state index in [1.54, 1.807) is 18.4 Å². The Morgan fingerprint density at radius 1 is 1.08 bits per heavy atom. The lowest BCUT2D eigenvalue weighted by Gasteiger charge is -2.29. The minimum Gasteiger partial charge on any atom is -0.467 e. The van der Waals surface area contributed by atoms with Gasteiger partial charge in [0, 0.05) is 18.8 Å². The van der Waals surface area contributed by atoms with Crippen molar-refractivity contribution >= 4 is 11.6 Å². The molecule has 0 aliphatic carbocycles. The summed E-state index contributed by atoms with van der Waals surface area (Å²) in [6, 6.07) is 15.5. The highest BCUT2D eigenvalue weighted by atomic mass is 16.3. The van der Waals surface area contributed by atoms with E-state index in [2.05, 4.69) is 28.4 Å². The van der Waals surface area contributed by atoms with Crippen LogP contribution in [-0.2, 0) is 6.42 Å². The van der Waals surface area contributed by atoms with Crippen LogP contribution in [0.5, 0.6) is 0 Å². The van der Waals surface area contributed by atoms with Gasteiger partial charge in [0.2, 0.25) is 0 Å². The van der Waals surface area contributed by atoms with Crippen LogP contribution < -0.4 is 10.2 Å². The molecule has 0 spiro atoms. The summed E-state index contributed by atoms with van der Waals surface area (Å²) < 4.78 is 10.8. The molecule has 1 atom stereocenters. The Morgan fingerprint density at radius 3 is 2.71 bits per heavy atom. The van der Waals surface area contributed by atoms with Crippen LogP contribution in [0, 0.1) is 0 Å². The Balaban J connectivity index is 1.56. The molecule has 1 N–H and O–H groups in total. The van der Waals surface area contributed by atoms with Gasteiger partial charge in [0.05, 0.1) is 12.5 Å². The summed E-state index contributed by atoms with van der Waals surface area (Å²) in [5.74, 6) is 0.936. The highest BCUT2D eigenvalue weighted by Crippen LogP contribution is 2.34. The molecule has 1 aliphatic heterocycles. The van der Waals surface area contributed by atoms with E-state index in [9.17, 15) is 4.79 Å². The molecule has 4 rings (SSSR count). The van der Waals surface area contributed by atoms with Gasteiger partial charge in [-0.15, -0.1) is 0 Å². The van der Waals surface area contributed by atoms with Crippen LogP contribution in [0.25, 0.3) is 0 Å². The summed E-state index contributed by atoms with van der Waals surface area (Å²) in [6.07, 6.45) is 4.16. The lowest BCUT2D eigenvalue weighted by Crippen LogP contribution is -2.37. The number of para-hydroxylation sites is 1. The Morgan fingerprint density at radius 2 is 1.92 bits per heavy atom. The Labute approximate surface area is 139 Å². The molecule has 1 aromatic carbocycles. The maximum Gasteiger partial charge on any atom is 0.287 e. The van der Waals surface area contributed by atoms with Gasteiger partial charge in [-0.05, 0) is 42.3 Å². The van der Waals surface area contributed by atoms with Crippen LogP contribution in [0.3, 0.4) is 0 Å². The molecule has 24 heavy (non-hydrogen) atoms. The Hall–Kier alpha value is -2.95. The third-order valence-corrected chi connectivity index (χ3v) is 4.37. The number of rotatable bonds is 5. The molecule has 0 saturated carbocycles. The maximum atomic E-state index is 12.2. The first-order valence-electron chi connectivity index (χ1n) is 8.02. The number of hydrogen-bond acceptors (Lipinski definition) is 4. The molecule has 0 radical (unpaired) electrons. The van der Waals surface area contributed by atoms with E-state index in [0.29, 0.717) is 12.3 Å². The largest absolute Gasteiger partial charge is 0.467 e. The summed E-state index contributed by atoms with van der Waals surface area (Å²) in [4.78, 5) is 14.5. The number of nitrogens with zero attached hydrogens (tertiary/aromatic N) is 1. The highest BCUT2D eigenvalue weighted by Gasteiger charge is 2.29. The number of furan rings is 2. The minimum atomic E-state index is -0.218. The van der Waals surface area contributed by atoms with E-state index < -0.39 is 0 Å². The molecule has 1 amide bonds. The molecule has 0 fully saturated rings. The van der Waals surface area contributed by atoms with Crippen molar-refractivity contribution in [2.45, 2.75) is 12.5 Å². The van der Waals surface area contributed by atoms with Gasteiger partial charge in [-0.1, -0.05) is 18.2 Å². The SMILES string of the molecule is O=C(NC[C@H](c1ccco1)N1CCc2ccccc21)c1ccco1. The summed E-state index contributed by atoms with van der Waals surface area (Å²) in [5, 5.41) is 2.95. The maximum absolute atomic E-state index is 12.2. The van der Waals surface area contributed by atoms with Crippen molar-refractivity contribution in [2.75, 3.05) is 18.0 Å². The van der Waals surface area contributed by atoms with E-state index in [4.69, 9.17) is 8.83 Å². The van der Waals surface area contributed by atoms with Gasteiger partial charge in [0.15, 0.2) is 5.76 Å². The van der Waals surface area contributed by atoms with Gasteiger partial charge in [0.25, 0.3) is 5.91 Å². The number of nitrogens with one attached hydrogen (secondary N) is 1. The van der Waals surface area contributed by atoms with Crippen molar-refractivity contribution in [1.82, 2.24) is 5.32 Å². The fraction of sp³-hybridized carbons (Fsp3) is 0.211. The third kappa shape index (κ3) is 2.69. The monoisotopic (exact) mass is 322 g/mol. The smallest absolute Gasteiger partial charge is 0.287 e. The Kier molecular flexibility index (Phi) is 3.83. The van der Waals surface area contributed by atoms with Crippen molar-refractivity contribution in [2.24, 2.45) is 0 Å². The normalized spacial score (nSPS) is 14.4. The molecule has 122 valence electrons. The molecular weight excluding hydrogens is 304 g/mol. The summed E-state index contributed by atoms with van der Waals surface area (Å²) in [5.41, 5.74) is 2.53. The van der Waals surface area contributed by atoms with Crippen molar-refractivity contribution in [1.29, 1.82) is 0 Å². The predicted molar refractivity (Wildman–Crippen MR) is 90.0 cm³/mol. The molecule has 1 aliphatic rings. The van der Waals surface area contributed by atoms with Crippen molar-refractivity contribution in [3.05, 3.63) is 78.1 Å². The lowest BCUT2D eigenvalue weighted by molar-refractivity contribution is 0.0922. The van der Waals surface area contributed by atoms with Gasteiger partial charge >= 0.3 is 0 Å². The van der Waals surface area contributed by atoms with E-state index in [-0.39, 0.29) is 11.9 Å². The van der Waals surface area contributed by atoms with Gasteiger partial charge < -0.3 is 19.1 Å². The molecular formula is C19H18N2O3. The summed E-state index contributed by atoms with van der Waals surface area (Å²) >= 11 is 0. The van der Waals surface area contributed by atoms with E-state index in [1.165, 1.54) is 17.5 Å². The molecule has 0 bridgehead atoms. The van der Waals surface area contributed by atoms with Crippen LogP contribution in [0.2, 0.25) is 0 Å². The fourth-order valence-electron chi connectivity index (χ4n) is 3.22. The number of carbonyl (C=O) groups is 1. The zero-order chi connectivity index (χ0) is 16.4. The molecule has 5 nitrogen and oxygen atoms in total. The molecule has 3 aromatic rings. The van der Waals surface area contributed by atoms with E-state index >= 15 is 0 Å². The number of fused-ring (bicyclic) bond motifs is 1. The van der Waals surface area contributed by atoms with Gasteiger partial charge in [0.1, 0.15) is 11.8 Å². The third-order valence-electron chi connectivity index (χ3n) is 4.37.